The summed E-state index contributed by atoms with van der Waals surface area (Å²) in [4.78, 5) is 45.3. The fraction of sp³-hybridized carbons (Fsp3) is 0.333. The van der Waals surface area contributed by atoms with Crippen LogP contribution in [0.25, 0.3) is 0 Å². The summed E-state index contributed by atoms with van der Waals surface area (Å²) in [6, 6.07) is 6.60. The van der Waals surface area contributed by atoms with Gasteiger partial charge in [-0.05, 0) is 19.1 Å². The highest BCUT2D eigenvalue weighted by Gasteiger charge is 2.14. The van der Waals surface area contributed by atoms with E-state index in [0.717, 1.165) is 0 Å². The van der Waals surface area contributed by atoms with E-state index < -0.39 is 36.8 Å². The Balaban J connectivity index is 2.40. The monoisotopic (exact) mass is 337 g/mol. The van der Waals surface area contributed by atoms with E-state index in [0.29, 0.717) is 12.4 Å². The fourth-order valence-electron chi connectivity index (χ4n) is 1.57. The molecule has 0 aliphatic carbocycles. The van der Waals surface area contributed by atoms with Crippen molar-refractivity contribution in [1.82, 2.24) is 16.2 Å². The number of ether oxygens (including phenoxy) is 2. The Morgan fingerprint density at radius 2 is 1.79 bits per heavy atom. The predicted octanol–water partition coefficient (Wildman–Crippen LogP) is -0.474. The first-order valence-corrected chi connectivity index (χ1v) is 7.15. The molecule has 1 aromatic carbocycles. The van der Waals surface area contributed by atoms with Gasteiger partial charge in [0.2, 0.25) is 5.91 Å². The number of hydrogen-bond donors (Lipinski definition) is 3. The first-order chi connectivity index (χ1) is 11.4. The van der Waals surface area contributed by atoms with E-state index in [9.17, 15) is 19.2 Å². The van der Waals surface area contributed by atoms with Gasteiger partial charge in [-0.15, -0.1) is 0 Å². The van der Waals surface area contributed by atoms with E-state index >= 15 is 0 Å². The first-order valence-electron chi connectivity index (χ1n) is 7.15. The highest BCUT2D eigenvalue weighted by atomic mass is 16.5. The molecule has 9 nitrogen and oxygen atoms in total. The van der Waals surface area contributed by atoms with Crippen LogP contribution in [0.2, 0.25) is 0 Å². The van der Waals surface area contributed by atoms with Gasteiger partial charge in [0, 0.05) is 6.92 Å². The number of carbonyl (C=O) groups excluding carboxylic acids is 4. The summed E-state index contributed by atoms with van der Waals surface area (Å²) in [6.07, 6.45) is 0. The maximum Gasteiger partial charge on any atom is 0.325 e. The van der Waals surface area contributed by atoms with Crippen LogP contribution >= 0.6 is 0 Å². The molecule has 0 radical (unpaired) electrons. The zero-order valence-corrected chi connectivity index (χ0v) is 13.4. The average Bonchev–Trinajstić information content (AvgIpc) is 2.56. The number of para-hydroxylation sites is 1. The molecule has 3 amide bonds. The standard InChI is InChI=1S/C15H19N3O6/c1-3-23-12-7-5-4-6-11(12)15(22)16-8-14(21)24-9-13(20)18-17-10(2)19/h4-7H,3,8-9H2,1-2H3,(H,16,22)(H,17,19)(H,18,20). The summed E-state index contributed by atoms with van der Waals surface area (Å²) in [5.74, 6) is -2.06. The molecular formula is C15H19N3O6. The lowest BCUT2D eigenvalue weighted by atomic mass is 10.2. The van der Waals surface area contributed by atoms with Gasteiger partial charge >= 0.3 is 5.97 Å². The molecule has 0 spiro atoms. The van der Waals surface area contributed by atoms with E-state index in [1.54, 1.807) is 31.2 Å². The Morgan fingerprint density at radius 1 is 1.08 bits per heavy atom. The van der Waals surface area contributed by atoms with Crippen LogP contribution in [-0.2, 0) is 19.1 Å². The quantitative estimate of drug-likeness (QED) is 0.456. The fourth-order valence-corrected chi connectivity index (χ4v) is 1.57. The number of rotatable bonds is 7. The Bertz CT molecular complexity index is 617. The minimum absolute atomic E-state index is 0.288. The first kappa shape index (κ1) is 18.9. The van der Waals surface area contributed by atoms with Gasteiger partial charge in [-0.3, -0.25) is 30.0 Å². The molecule has 1 rings (SSSR count). The van der Waals surface area contributed by atoms with Gasteiger partial charge < -0.3 is 14.8 Å². The van der Waals surface area contributed by atoms with E-state index in [2.05, 4.69) is 10.1 Å². The Morgan fingerprint density at radius 3 is 2.46 bits per heavy atom. The molecule has 3 N–H and O–H groups in total. The number of hydrazine groups is 1. The average molecular weight is 337 g/mol. The normalized spacial score (nSPS) is 9.58. The van der Waals surface area contributed by atoms with Crippen molar-refractivity contribution < 1.29 is 28.7 Å². The van der Waals surface area contributed by atoms with E-state index in [4.69, 9.17) is 4.74 Å². The van der Waals surface area contributed by atoms with E-state index in [-0.39, 0.29) is 5.56 Å². The molecule has 0 saturated carbocycles. The molecule has 0 bridgehead atoms. The largest absolute Gasteiger partial charge is 0.493 e. The molecule has 0 saturated heterocycles. The second-order valence-corrected chi connectivity index (χ2v) is 4.50. The van der Waals surface area contributed by atoms with Crippen molar-refractivity contribution in [2.75, 3.05) is 19.8 Å². The van der Waals surface area contributed by atoms with Crippen molar-refractivity contribution >= 4 is 23.7 Å². The third-order valence-electron chi connectivity index (χ3n) is 2.57. The number of nitrogens with one attached hydrogen (secondary N) is 3. The minimum Gasteiger partial charge on any atom is -0.493 e. The van der Waals surface area contributed by atoms with Crippen LogP contribution in [0.3, 0.4) is 0 Å². The van der Waals surface area contributed by atoms with Crippen molar-refractivity contribution in [1.29, 1.82) is 0 Å². The van der Waals surface area contributed by atoms with Crippen LogP contribution in [0, 0.1) is 0 Å². The number of hydrogen-bond acceptors (Lipinski definition) is 6. The molecule has 0 unspecified atom stereocenters. The summed E-state index contributed by atoms with van der Waals surface area (Å²) in [5, 5.41) is 2.38. The van der Waals surface area contributed by atoms with Gasteiger partial charge in [-0.1, -0.05) is 12.1 Å². The molecule has 0 heterocycles. The molecule has 24 heavy (non-hydrogen) atoms. The van der Waals surface area contributed by atoms with Crippen LogP contribution in [0.15, 0.2) is 24.3 Å². The SMILES string of the molecule is CCOc1ccccc1C(=O)NCC(=O)OCC(=O)NNC(C)=O. The van der Waals surface area contributed by atoms with Crippen molar-refractivity contribution in [3.8, 4) is 5.75 Å². The number of amides is 3. The van der Waals surface area contributed by atoms with Gasteiger partial charge in [-0.2, -0.15) is 0 Å². The predicted molar refractivity (Wildman–Crippen MR) is 82.9 cm³/mol. The number of carbonyl (C=O) groups is 4. The van der Waals surface area contributed by atoms with Crippen LogP contribution in [-0.4, -0.2) is 43.4 Å². The highest BCUT2D eigenvalue weighted by Crippen LogP contribution is 2.17. The van der Waals surface area contributed by atoms with Crippen LogP contribution < -0.4 is 20.9 Å². The summed E-state index contributed by atoms with van der Waals surface area (Å²) < 4.78 is 9.98. The topological polar surface area (TPSA) is 123 Å². The molecule has 0 aliphatic heterocycles. The van der Waals surface area contributed by atoms with Gasteiger partial charge in [0.15, 0.2) is 6.61 Å². The van der Waals surface area contributed by atoms with Crippen LogP contribution in [0.4, 0.5) is 0 Å². The maximum absolute atomic E-state index is 12.0. The Hall–Kier alpha value is -3.10. The summed E-state index contributed by atoms with van der Waals surface area (Å²) in [7, 11) is 0. The molecule has 0 fully saturated rings. The van der Waals surface area contributed by atoms with Gasteiger partial charge in [-0.25, -0.2) is 0 Å². The summed E-state index contributed by atoms with van der Waals surface area (Å²) in [5.41, 5.74) is 4.36. The second-order valence-electron chi connectivity index (χ2n) is 4.50. The van der Waals surface area contributed by atoms with Gasteiger partial charge in [0.05, 0.1) is 12.2 Å². The third kappa shape index (κ3) is 6.77. The molecular weight excluding hydrogens is 318 g/mol. The van der Waals surface area contributed by atoms with Gasteiger partial charge in [0.25, 0.3) is 11.8 Å². The minimum atomic E-state index is -0.796. The Labute approximate surface area is 138 Å². The summed E-state index contributed by atoms with van der Waals surface area (Å²) in [6.45, 7) is 2.41. The zero-order chi connectivity index (χ0) is 17.9. The van der Waals surface area contributed by atoms with Gasteiger partial charge in [0.1, 0.15) is 12.3 Å². The highest BCUT2D eigenvalue weighted by molar-refractivity contribution is 5.98. The molecule has 0 atom stereocenters. The number of benzene rings is 1. The lowest BCUT2D eigenvalue weighted by molar-refractivity contribution is -0.148. The molecule has 0 aromatic heterocycles. The maximum atomic E-state index is 12.0. The van der Waals surface area contributed by atoms with Crippen molar-refractivity contribution in [3.05, 3.63) is 29.8 Å². The second kappa shape index (κ2) is 9.82. The lowest BCUT2D eigenvalue weighted by Crippen LogP contribution is -2.43. The molecule has 1 aromatic rings. The smallest absolute Gasteiger partial charge is 0.325 e. The van der Waals surface area contributed by atoms with Crippen LogP contribution in [0.5, 0.6) is 5.75 Å². The molecule has 9 heteroatoms. The lowest BCUT2D eigenvalue weighted by Gasteiger charge is -2.10. The van der Waals surface area contributed by atoms with Crippen molar-refractivity contribution in [3.63, 3.8) is 0 Å². The molecule has 130 valence electrons. The third-order valence-corrected chi connectivity index (χ3v) is 2.57. The Kier molecular flexibility index (Phi) is 7.76. The van der Waals surface area contributed by atoms with Crippen molar-refractivity contribution in [2.45, 2.75) is 13.8 Å². The summed E-state index contributed by atoms with van der Waals surface area (Å²) >= 11 is 0. The van der Waals surface area contributed by atoms with E-state index in [1.165, 1.54) is 6.92 Å². The molecule has 0 aliphatic rings. The zero-order valence-electron chi connectivity index (χ0n) is 13.4. The van der Waals surface area contributed by atoms with Crippen LogP contribution in [0.1, 0.15) is 24.2 Å². The van der Waals surface area contributed by atoms with Crippen molar-refractivity contribution in [2.24, 2.45) is 0 Å². The number of esters is 1. The van der Waals surface area contributed by atoms with E-state index in [1.807, 2.05) is 10.9 Å².